The van der Waals surface area contributed by atoms with E-state index < -0.39 is 12.5 Å². The van der Waals surface area contributed by atoms with Crippen molar-refractivity contribution < 1.29 is 14.9 Å². The summed E-state index contributed by atoms with van der Waals surface area (Å²) in [6.07, 6.45) is -0.705. The van der Waals surface area contributed by atoms with E-state index in [1.807, 2.05) is 54.6 Å². The van der Waals surface area contributed by atoms with Gasteiger partial charge in [-0.25, -0.2) is 0 Å². The first-order valence-electron chi connectivity index (χ1n) is 7.50. The first kappa shape index (κ1) is 16.5. The fraction of sp³-hybridized carbons (Fsp3) is 0.333. The molecule has 4 nitrogen and oxygen atoms in total. The summed E-state index contributed by atoms with van der Waals surface area (Å²) in [6.45, 7) is 3.85. The number of ether oxygens (including phenoxy) is 1. The molecule has 0 saturated heterocycles. The monoisotopic (exact) mass is 301 g/mol. The second-order valence-corrected chi connectivity index (χ2v) is 5.27. The van der Waals surface area contributed by atoms with Crippen molar-refractivity contribution in [3.8, 4) is 11.5 Å². The van der Waals surface area contributed by atoms with Crippen LogP contribution >= 0.6 is 0 Å². The van der Waals surface area contributed by atoms with Crippen LogP contribution in [-0.4, -0.2) is 34.1 Å². The summed E-state index contributed by atoms with van der Waals surface area (Å²) in [5, 5.41) is 19.4. The average Bonchev–Trinajstić information content (AvgIpc) is 2.49. The molecular formula is C18H23NO3. The number of aliphatic hydroxyl groups is 2. The summed E-state index contributed by atoms with van der Waals surface area (Å²) in [6, 6.07) is 17.5. The maximum atomic E-state index is 9.70. The topological polar surface area (TPSA) is 52.9 Å². The molecule has 0 aromatic heterocycles. The highest BCUT2D eigenvalue weighted by Crippen LogP contribution is 2.25. The Hall–Kier alpha value is -1.88. The lowest BCUT2D eigenvalue weighted by molar-refractivity contribution is -0.0831. The van der Waals surface area contributed by atoms with Crippen LogP contribution in [0.3, 0.4) is 0 Å². The molecule has 2 unspecified atom stereocenters. The van der Waals surface area contributed by atoms with Crippen molar-refractivity contribution in [2.45, 2.75) is 32.7 Å². The number of para-hydroxylation sites is 2. The fourth-order valence-corrected chi connectivity index (χ4v) is 2.36. The molecule has 4 heteroatoms. The third-order valence-corrected chi connectivity index (χ3v) is 3.54. The summed E-state index contributed by atoms with van der Waals surface area (Å²) >= 11 is 0. The van der Waals surface area contributed by atoms with Gasteiger partial charge in [-0.15, -0.1) is 0 Å². The van der Waals surface area contributed by atoms with Gasteiger partial charge in [-0.2, -0.15) is 0 Å². The number of rotatable bonds is 7. The minimum atomic E-state index is -0.692. The van der Waals surface area contributed by atoms with Crippen LogP contribution < -0.4 is 4.74 Å². The van der Waals surface area contributed by atoms with E-state index in [4.69, 9.17) is 4.74 Å². The highest BCUT2D eigenvalue weighted by molar-refractivity contribution is 5.37. The van der Waals surface area contributed by atoms with E-state index in [1.54, 1.807) is 18.7 Å². The average molecular weight is 301 g/mol. The predicted octanol–water partition coefficient (Wildman–Crippen LogP) is 3.00. The van der Waals surface area contributed by atoms with E-state index >= 15 is 0 Å². The van der Waals surface area contributed by atoms with Gasteiger partial charge in [-0.05, 0) is 44.0 Å². The van der Waals surface area contributed by atoms with Gasteiger partial charge < -0.3 is 14.9 Å². The van der Waals surface area contributed by atoms with Crippen LogP contribution in [0.25, 0.3) is 0 Å². The maximum Gasteiger partial charge on any atom is 0.130 e. The lowest BCUT2D eigenvalue weighted by atomic mass is 10.1. The first-order chi connectivity index (χ1) is 10.6. The SMILES string of the molecule is CC(O)N(CCc1ccccc1Oc1ccccc1)C(C)O. The van der Waals surface area contributed by atoms with E-state index in [-0.39, 0.29) is 0 Å². The van der Waals surface area contributed by atoms with Crippen molar-refractivity contribution >= 4 is 0 Å². The standard InChI is InChI=1S/C18H23NO3/c1-14(20)19(15(2)21)13-12-16-8-6-7-11-18(16)22-17-9-4-3-5-10-17/h3-11,14-15,20-21H,12-13H2,1-2H3. The number of benzene rings is 2. The summed E-state index contributed by atoms with van der Waals surface area (Å²) in [7, 11) is 0. The Morgan fingerprint density at radius 3 is 2.14 bits per heavy atom. The van der Waals surface area contributed by atoms with Crippen molar-refractivity contribution in [1.82, 2.24) is 4.90 Å². The van der Waals surface area contributed by atoms with Crippen molar-refractivity contribution in [3.05, 3.63) is 60.2 Å². The Kier molecular flexibility index (Phi) is 5.95. The molecule has 118 valence electrons. The van der Waals surface area contributed by atoms with Crippen LogP contribution in [0.1, 0.15) is 19.4 Å². The van der Waals surface area contributed by atoms with Crippen molar-refractivity contribution in [1.29, 1.82) is 0 Å². The molecule has 2 N–H and O–H groups in total. The van der Waals surface area contributed by atoms with Gasteiger partial charge in [-0.3, -0.25) is 4.90 Å². The zero-order chi connectivity index (χ0) is 15.9. The Morgan fingerprint density at radius 1 is 0.909 bits per heavy atom. The van der Waals surface area contributed by atoms with E-state index in [0.29, 0.717) is 13.0 Å². The zero-order valence-corrected chi connectivity index (χ0v) is 13.0. The van der Waals surface area contributed by atoms with E-state index in [9.17, 15) is 10.2 Å². The van der Waals surface area contributed by atoms with Crippen LogP contribution in [0, 0.1) is 0 Å². The van der Waals surface area contributed by atoms with Crippen LogP contribution in [0.5, 0.6) is 11.5 Å². The third-order valence-electron chi connectivity index (χ3n) is 3.54. The van der Waals surface area contributed by atoms with Crippen LogP contribution in [-0.2, 0) is 6.42 Å². The third kappa shape index (κ3) is 4.56. The Bertz CT molecular complexity index is 562. The number of aliphatic hydroxyl groups excluding tert-OH is 2. The molecule has 2 aromatic rings. The van der Waals surface area contributed by atoms with Gasteiger partial charge >= 0.3 is 0 Å². The highest BCUT2D eigenvalue weighted by Gasteiger charge is 2.16. The van der Waals surface area contributed by atoms with Gasteiger partial charge in [-0.1, -0.05) is 36.4 Å². The van der Waals surface area contributed by atoms with Crippen LogP contribution in [0.2, 0.25) is 0 Å². The minimum Gasteiger partial charge on any atom is -0.457 e. The van der Waals surface area contributed by atoms with Gasteiger partial charge in [0.15, 0.2) is 0 Å². The van der Waals surface area contributed by atoms with Gasteiger partial charge in [0, 0.05) is 6.54 Å². The van der Waals surface area contributed by atoms with E-state index in [1.165, 1.54) is 0 Å². The highest BCUT2D eigenvalue weighted by atomic mass is 16.5. The molecule has 0 heterocycles. The summed E-state index contributed by atoms with van der Waals surface area (Å²) in [5.41, 5.74) is 1.04. The Balaban J connectivity index is 2.08. The lowest BCUT2D eigenvalue weighted by Crippen LogP contribution is -2.41. The van der Waals surface area contributed by atoms with Gasteiger partial charge in [0.1, 0.15) is 24.0 Å². The molecule has 2 atom stereocenters. The largest absolute Gasteiger partial charge is 0.457 e. The molecule has 2 aromatic carbocycles. The summed E-state index contributed by atoms with van der Waals surface area (Å²) < 4.78 is 5.92. The smallest absolute Gasteiger partial charge is 0.130 e. The zero-order valence-electron chi connectivity index (χ0n) is 13.0. The van der Waals surface area contributed by atoms with Gasteiger partial charge in [0.2, 0.25) is 0 Å². The quantitative estimate of drug-likeness (QED) is 0.772. The molecule has 0 aliphatic rings. The van der Waals surface area contributed by atoms with Crippen LogP contribution in [0.4, 0.5) is 0 Å². The Labute approximate surface area is 131 Å². The fourth-order valence-electron chi connectivity index (χ4n) is 2.36. The molecule has 0 aliphatic carbocycles. The molecule has 0 bridgehead atoms. The van der Waals surface area contributed by atoms with E-state index in [0.717, 1.165) is 17.1 Å². The van der Waals surface area contributed by atoms with Crippen molar-refractivity contribution in [2.24, 2.45) is 0 Å². The molecule has 0 aliphatic heterocycles. The second-order valence-electron chi connectivity index (χ2n) is 5.27. The van der Waals surface area contributed by atoms with Crippen molar-refractivity contribution in [2.75, 3.05) is 6.54 Å². The number of nitrogens with zero attached hydrogens (tertiary/aromatic N) is 1. The summed E-state index contributed by atoms with van der Waals surface area (Å²) in [4.78, 5) is 1.62. The number of hydrogen-bond acceptors (Lipinski definition) is 4. The molecule has 0 saturated carbocycles. The molecule has 0 radical (unpaired) electrons. The van der Waals surface area contributed by atoms with Gasteiger partial charge in [0.25, 0.3) is 0 Å². The number of hydrogen-bond donors (Lipinski definition) is 2. The van der Waals surface area contributed by atoms with Crippen LogP contribution in [0.15, 0.2) is 54.6 Å². The second kappa shape index (κ2) is 7.94. The molecule has 0 fully saturated rings. The summed E-state index contributed by atoms with van der Waals surface area (Å²) in [5.74, 6) is 1.59. The normalized spacial score (nSPS) is 13.9. The van der Waals surface area contributed by atoms with Gasteiger partial charge in [0.05, 0.1) is 0 Å². The predicted molar refractivity (Wildman–Crippen MR) is 86.7 cm³/mol. The Morgan fingerprint density at radius 2 is 1.50 bits per heavy atom. The van der Waals surface area contributed by atoms with Crippen molar-refractivity contribution in [3.63, 3.8) is 0 Å². The first-order valence-corrected chi connectivity index (χ1v) is 7.50. The van der Waals surface area contributed by atoms with E-state index in [2.05, 4.69) is 0 Å². The molecule has 2 rings (SSSR count). The molecule has 0 spiro atoms. The molecule has 22 heavy (non-hydrogen) atoms. The lowest BCUT2D eigenvalue weighted by Gasteiger charge is -2.28. The maximum absolute atomic E-state index is 9.70. The molecule has 0 amide bonds. The minimum absolute atomic E-state index is 0.546. The molecular weight excluding hydrogens is 278 g/mol.